The molecule has 0 saturated carbocycles. The second kappa shape index (κ2) is 14.6. The van der Waals surface area contributed by atoms with Crippen molar-refractivity contribution in [2.45, 2.75) is 13.5 Å². The van der Waals surface area contributed by atoms with E-state index in [4.69, 9.17) is 21.1 Å². The molecule has 0 unspecified atom stereocenters. The Hall–Kier alpha value is -4.70. The smallest absolute Gasteiger partial charge is 0.271 e. The van der Waals surface area contributed by atoms with E-state index in [1.165, 1.54) is 11.3 Å². The first-order chi connectivity index (χ1) is 22.5. The highest BCUT2D eigenvalue weighted by atomic mass is 79.9. The fraction of sp³-hybridized carbons (Fsp3) is 0.0833. The van der Waals surface area contributed by atoms with Crippen molar-refractivity contribution < 1.29 is 14.3 Å². The molecule has 0 aliphatic rings. The Morgan fingerprint density at radius 1 is 0.978 bits per heavy atom. The number of hydrazone groups is 1. The summed E-state index contributed by atoms with van der Waals surface area (Å²) in [5.74, 6) is 0.850. The molecule has 1 amide bonds. The Kier molecular flexibility index (Phi) is 9.93. The van der Waals surface area contributed by atoms with Crippen molar-refractivity contribution in [3.05, 3.63) is 135 Å². The van der Waals surface area contributed by atoms with Crippen LogP contribution in [-0.2, 0) is 6.61 Å². The summed E-state index contributed by atoms with van der Waals surface area (Å²) >= 11 is 11.1. The lowest BCUT2D eigenvalue weighted by Gasteiger charge is -2.15. The highest BCUT2D eigenvalue weighted by Gasteiger charge is 2.14. The van der Waals surface area contributed by atoms with Crippen molar-refractivity contribution in [3.8, 4) is 22.8 Å². The van der Waals surface area contributed by atoms with Gasteiger partial charge in [0.15, 0.2) is 16.6 Å². The molecule has 0 spiro atoms. The lowest BCUT2D eigenvalue weighted by molar-refractivity contribution is 0.0955. The molecule has 10 heteroatoms. The number of anilines is 2. The number of carbonyl (C=O) groups is 1. The van der Waals surface area contributed by atoms with E-state index in [9.17, 15) is 4.79 Å². The zero-order valence-electron chi connectivity index (χ0n) is 24.7. The third kappa shape index (κ3) is 7.56. The number of thiazole rings is 1. The molecular formula is C36H28BrClN4O3S. The summed E-state index contributed by atoms with van der Waals surface area (Å²) in [7, 11) is 0. The second-order valence-corrected chi connectivity index (χ2v) is 12.3. The maximum atomic E-state index is 12.8. The first kappa shape index (κ1) is 31.3. The summed E-state index contributed by atoms with van der Waals surface area (Å²) in [6.45, 7) is 2.76. The van der Waals surface area contributed by atoms with Gasteiger partial charge in [-0.15, -0.1) is 11.3 Å². The number of amides is 1. The van der Waals surface area contributed by atoms with Crippen LogP contribution in [0.2, 0.25) is 5.02 Å². The van der Waals surface area contributed by atoms with Crippen LogP contribution in [-0.4, -0.2) is 23.7 Å². The summed E-state index contributed by atoms with van der Waals surface area (Å²) in [4.78, 5) is 17.5. The number of hydrogen-bond acceptors (Lipinski definition) is 7. The zero-order chi connectivity index (χ0) is 31.9. The van der Waals surface area contributed by atoms with Gasteiger partial charge in [-0.1, -0.05) is 66.2 Å². The van der Waals surface area contributed by atoms with E-state index in [1.54, 1.807) is 18.3 Å². The van der Waals surface area contributed by atoms with Gasteiger partial charge in [-0.2, -0.15) is 5.10 Å². The summed E-state index contributed by atoms with van der Waals surface area (Å²) in [6, 6.07) is 32.8. The first-order valence-corrected chi connectivity index (χ1v) is 16.5. The lowest BCUT2D eigenvalue weighted by atomic mass is 10.1. The predicted octanol–water partition coefficient (Wildman–Crippen LogP) is 9.86. The van der Waals surface area contributed by atoms with Gasteiger partial charge in [-0.05, 0) is 93.3 Å². The highest BCUT2D eigenvalue weighted by Crippen LogP contribution is 2.37. The molecule has 7 nitrogen and oxygen atoms in total. The molecule has 6 aromatic rings. The third-order valence-electron chi connectivity index (χ3n) is 7.01. The summed E-state index contributed by atoms with van der Waals surface area (Å²) < 4.78 is 12.9. The molecule has 1 heterocycles. The number of carbonyl (C=O) groups excluding carboxylic acids is 1. The van der Waals surface area contributed by atoms with Gasteiger partial charge in [0, 0.05) is 27.2 Å². The van der Waals surface area contributed by atoms with E-state index in [1.807, 2.05) is 79.0 Å². The van der Waals surface area contributed by atoms with Crippen LogP contribution in [0.25, 0.3) is 22.0 Å². The quantitative estimate of drug-likeness (QED) is 0.103. The van der Waals surface area contributed by atoms with Crippen LogP contribution in [0.5, 0.6) is 11.5 Å². The van der Waals surface area contributed by atoms with Crippen molar-refractivity contribution >= 4 is 72.6 Å². The molecule has 0 aliphatic heterocycles. The van der Waals surface area contributed by atoms with E-state index in [-0.39, 0.29) is 5.91 Å². The molecule has 5 aromatic carbocycles. The molecule has 0 aliphatic carbocycles. The van der Waals surface area contributed by atoms with Gasteiger partial charge >= 0.3 is 0 Å². The number of nitrogens with one attached hydrogen (secondary N) is 2. The number of halogens is 2. The van der Waals surface area contributed by atoms with Gasteiger partial charge in [0.05, 0.1) is 23.0 Å². The van der Waals surface area contributed by atoms with Crippen molar-refractivity contribution in [1.82, 2.24) is 10.4 Å². The molecule has 0 atom stereocenters. The van der Waals surface area contributed by atoms with Crippen LogP contribution >= 0.6 is 38.9 Å². The van der Waals surface area contributed by atoms with Crippen molar-refractivity contribution in [3.63, 3.8) is 0 Å². The van der Waals surface area contributed by atoms with E-state index in [0.717, 1.165) is 48.4 Å². The Morgan fingerprint density at radius 3 is 2.57 bits per heavy atom. The van der Waals surface area contributed by atoms with Gasteiger partial charge in [0.1, 0.15) is 6.61 Å². The maximum Gasteiger partial charge on any atom is 0.271 e. The van der Waals surface area contributed by atoms with Crippen molar-refractivity contribution in [2.24, 2.45) is 5.10 Å². The van der Waals surface area contributed by atoms with Crippen LogP contribution in [0.3, 0.4) is 0 Å². The van der Waals surface area contributed by atoms with E-state index in [0.29, 0.717) is 35.3 Å². The minimum absolute atomic E-state index is 0.328. The summed E-state index contributed by atoms with van der Waals surface area (Å²) in [6.07, 6.45) is 1.57. The molecule has 0 radical (unpaired) electrons. The highest BCUT2D eigenvalue weighted by molar-refractivity contribution is 9.10. The van der Waals surface area contributed by atoms with E-state index < -0.39 is 0 Å². The van der Waals surface area contributed by atoms with Crippen LogP contribution in [0.4, 0.5) is 10.8 Å². The maximum absolute atomic E-state index is 12.8. The minimum atomic E-state index is -0.328. The van der Waals surface area contributed by atoms with E-state index in [2.05, 4.69) is 61.0 Å². The number of nitrogens with zero attached hydrogens (tertiary/aromatic N) is 2. The largest absolute Gasteiger partial charge is 0.490 e. The fourth-order valence-corrected chi connectivity index (χ4v) is 6.22. The molecule has 1 aromatic heterocycles. The second-order valence-electron chi connectivity index (χ2n) is 10.1. The number of hydrogen-bond donors (Lipinski definition) is 2. The van der Waals surface area contributed by atoms with E-state index >= 15 is 0 Å². The van der Waals surface area contributed by atoms with Crippen LogP contribution in [0, 0.1) is 0 Å². The van der Waals surface area contributed by atoms with Gasteiger partial charge in [0.2, 0.25) is 0 Å². The average Bonchev–Trinajstić information content (AvgIpc) is 3.54. The Labute approximate surface area is 284 Å². The number of benzene rings is 5. The third-order valence-corrected chi connectivity index (χ3v) is 8.60. The zero-order valence-corrected chi connectivity index (χ0v) is 27.8. The van der Waals surface area contributed by atoms with Crippen LogP contribution in [0.1, 0.15) is 28.4 Å². The van der Waals surface area contributed by atoms with Crippen LogP contribution in [0.15, 0.2) is 118 Å². The molecule has 230 valence electrons. The molecule has 46 heavy (non-hydrogen) atoms. The molecule has 0 saturated heterocycles. The monoisotopic (exact) mass is 710 g/mol. The topological polar surface area (TPSA) is 84.8 Å². The number of aromatic nitrogens is 1. The molecular weight excluding hydrogens is 684 g/mol. The predicted molar refractivity (Wildman–Crippen MR) is 191 cm³/mol. The molecule has 2 N–H and O–H groups in total. The van der Waals surface area contributed by atoms with Crippen molar-refractivity contribution in [2.75, 3.05) is 11.9 Å². The van der Waals surface area contributed by atoms with Crippen molar-refractivity contribution in [1.29, 1.82) is 0 Å². The van der Waals surface area contributed by atoms with Gasteiger partial charge in [0.25, 0.3) is 5.91 Å². The molecule has 0 fully saturated rings. The normalized spacial score (nSPS) is 11.1. The lowest BCUT2D eigenvalue weighted by Crippen LogP contribution is -2.17. The SMILES string of the molecule is CCOc1cc(/C=N\NC(=O)c2ccc(-c3csc(Nc4ccc(Cl)cc4)n3)cc2)cc(Br)c1OCc1cccc2ccccc12. The van der Waals surface area contributed by atoms with Gasteiger partial charge < -0.3 is 14.8 Å². The first-order valence-electron chi connectivity index (χ1n) is 14.4. The number of rotatable bonds is 11. The minimum Gasteiger partial charge on any atom is -0.490 e. The summed E-state index contributed by atoms with van der Waals surface area (Å²) in [5.41, 5.74) is 7.50. The molecule has 6 rings (SSSR count). The number of fused-ring (bicyclic) bond motifs is 1. The molecule has 0 bridgehead atoms. The fourth-order valence-electron chi connectivity index (χ4n) is 4.78. The Morgan fingerprint density at radius 2 is 1.76 bits per heavy atom. The number of ether oxygens (including phenoxy) is 2. The van der Waals surface area contributed by atoms with Gasteiger partial charge in [-0.25, -0.2) is 10.4 Å². The Balaban J connectivity index is 1.08. The average molecular weight is 712 g/mol. The van der Waals surface area contributed by atoms with Gasteiger partial charge in [-0.3, -0.25) is 4.79 Å². The standard InChI is InChI=1S/C36H28BrClN4O3S/c1-2-44-33-19-23(18-31(37)34(33)45-21-27-8-5-7-24-6-3-4-9-30(24)27)20-39-42-35(43)26-12-10-25(11-13-26)32-22-46-36(41-32)40-29-16-14-28(38)15-17-29/h3-20,22H,2,21H2,1H3,(H,40,41)(H,42,43)/b39-20-. The Bertz CT molecular complexity index is 2010. The van der Waals surface area contributed by atoms with Crippen LogP contribution < -0.4 is 20.2 Å². The summed E-state index contributed by atoms with van der Waals surface area (Å²) in [5, 5.41) is 13.2.